The molecule has 1 aromatic carbocycles. The summed E-state index contributed by atoms with van der Waals surface area (Å²) < 4.78 is 10.7. The Morgan fingerprint density at radius 3 is 2.73 bits per heavy atom. The first kappa shape index (κ1) is 18.4. The van der Waals surface area contributed by atoms with Gasteiger partial charge in [-0.3, -0.25) is 0 Å². The maximum absolute atomic E-state index is 12.1. The second kappa shape index (κ2) is 7.43. The van der Waals surface area contributed by atoms with E-state index in [9.17, 15) is 4.79 Å². The molecule has 0 aliphatic carbocycles. The lowest BCUT2D eigenvalue weighted by molar-refractivity contribution is 0.0188. The molecule has 0 saturated carbocycles. The Labute approximate surface area is 154 Å². The number of ether oxygens (including phenoxy) is 2. The number of aromatic amines is 1. The summed E-state index contributed by atoms with van der Waals surface area (Å²) in [6.45, 7) is 7.98. The fraction of sp³-hybridized carbons (Fsp3) is 0.579. The van der Waals surface area contributed by atoms with Crippen molar-refractivity contribution in [3.63, 3.8) is 0 Å². The zero-order chi connectivity index (χ0) is 18.7. The molecule has 0 bridgehead atoms. The number of fused-ring (bicyclic) bond motifs is 1. The molecule has 142 valence electrons. The summed E-state index contributed by atoms with van der Waals surface area (Å²) in [5, 5.41) is 3.38. The summed E-state index contributed by atoms with van der Waals surface area (Å²) in [5.41, 5.74) is 1.42. The average molecular weight is 360 g/mol. The Morgan fingerprint density at radius 1 is 1.35 bits per heavy atom. The van der Waals surface area contributed by atoms with Crippen LogP contribution in [-0.2, 0) is 4.74 Å². The number of anilines is 1. The molecule has 1 aliphatic rings. The summed E-state index contributed by atoms with van der Waals surface area (Å²) in [5.74, 6) is 2.08. The minimum absolute atomic E-state index is 0.213. The van der Waals surface area contributed by atoms with E-state index in [4.69, 9.17) is 9.47 Å². The number of aromatic nitrogens is 2. The largest absolute Gasteiger partial charge is 0.497 e. The number of nitrogens with zero attached hydrogens (tertiary/aromatic N) is 2. The van der Waals surface area contributed by atoms with Crippen LogP contribution in [0.4, 0.5) is 10.7 Å². The minimum Gasteiger partial charge on any atom is -0.497 e. The predicted molar refractivity (Wildman–Crippen MR) is 102 cm³/mol. The van der Waals surface area contributed by atoms with Gasteiger partial charge in [0.2, 0.25) is 5.95 Å². The summed E-state index contributed by atoms with van der Waals surface area (Å²) in [6.07, 6.45) is 1.70. The fourth-order valence-corrected chi connectivity index (χ4v) is 3.09. The third-order valence-electron chi connectivity index (χ3n) is 4.51. The van der Waals surface area contributed by atoms with Gasteiger partial charge in [0.15, 0.2) is 0 Å². The number of likely N-dealkylation sites (tertiary alicyclic amines) is 1. The van der Waals surface area contributed by atoms with E-state index < -0.39 is 5.60 Å². The zero-order valence-electron chi connectivity index (χ0n) is 16.0. The number of carbonyl (C=O) groups excluding carboxylic acids is 1. The van der Waals surface area contributed by atoms with Gasteiger partial charge in [0.25, 0.3) is 0 Å². The van der Waals surface area contributed by atoms with Crippen LogP contribution in [-0.4, -0.2) is 53.3 Å². The topological polar surface area (TPSA) is 79.5 Å². The zero-order valence-corrected chi connectivity index (χ0v) is 16.0. The lowest BCUT2D eigenvalue weighted by atomic mass is 9.97. The van der Waals surface area contributed by atoms with Crippen LogP contribution in [0, 0.1) is 5.92 Å². The molecule has 2 N–H and O–H groups in total. The van der Waals surface area contributed by atoms with Crippen molar-refractivity contribution in [2.75, 3.05) is 32.1 Å². The van der Waals surface area contributed by atoms with Crippen LogP contribution in [0.1, 0.15) is 33.6 Å². The monoisotopic (exact) mass is 360 g/mol. The highest BCUT2D eigenvalue weighted by molar-refractivity contribution is 5.79. The third kappa shape index (κ3) is 4.59. The lowest BCUT2D eigenvalue weighted by Crippen LogP contribution is -2.42. The SMILES string of the molecule is COc1ccc2nc(NCC3CCN(C(=O)OC(C)(C)C)CC3)[nH]c2c1. The molecule has 3 rings (SSSR count). The first-order valence-electron chi connectivity index (χ1n) is 9.09. The molecule has 0 spiro atoms. The Morgan fingerprint density at radius 2 is 2.08 bits per heavy atom. The van der Waals surface area contributed by atoms with Crippen molar-refractivity contribution in [3.05, 3.63) is 18.2 Å². The highest BCUT2D eigenvalue weighted by Gasteiger charge is 2.26. The van der Waals surface area contributed by atoms with Crippen LogP contribution in [0.25, 0.3) is 11.0 Å². The molecule has 2 aromatic rings. The molecule has 1 fully saturated rings. The van der Waals surface area contributed by atoms with Crippen LogP contribution in [0.3, 0.4) is 0 Å². The standard InChI is InChI=1S/C19H28N4O3/c1-19(2,3)26-18(24)23-9-7-13(8-10-23)12-20-17-21-15-6-5-14(25-4)11-16(15)22-17/h5-6,11,13H,7-10,12H2,1-4H3,(H2,20,21,22). The summed E-state index contributed by atoms with van der Waals surface area (Å²) >= 11 is 0. The second-order valence-corrected chi connectivity index (χ2v) is 7.76. The normalized spacial score (nSPS) is 15.9. The number of hydrogen-bond acceptors (Lipinski definition) is 5. The average Bonchev–Trinajstić information content (AvgIpc) is 3.00. The van der Waals surface area contributed by atoms with Crippen LogP contribution in [0.2, 0.25) is 0 Å². The molecule has 7 nitrogen and oxygen atoms in total. The van der Waals surface area contributed by atoms with Crippen LogP contribution in [0.5, 0.6) is 5.75 Å². The molecule has 0 unspecified atom stereocenters. The molecule has 0 atom stereocenters. The number of hydrogen-bond donors (Lipinski definition) is 2. The molecular weight excluding hydrogens is 332 g/mol. The fourth-order valence-electron chi connectivity index (χ4n) is 3.09. The number of nitrogens with one attached hydrogen (secondary N) is 2. The van der Waals surface area contributed by atoms with Gasteiger partial charge in [-0.05, 0) is 51.7 Å². The van der Waals surface area contributed by atoms with E-state index in [-0.39, 0.29) is 6.09 Å². The van der Waals surface area contributed by atoms with E-state index in [2.05, 4.69) is 15.3 Å². The van der Waals surface area contributed by atoms with Crippen molar-refractivity contribution in [2.24, 2.45) is 5.92 Å². The van der Waals surface area contributed by atoms with E-state index in [1.54, 1.807) is 12.0 Å². The molecule has 1 aromatic heterocycles. The van der Waals surface area contributed by atoms with Crippen LogP contribution >= 0.6 is 0 Å². The van der Waals surface area contributed by atoms with E-state index in [1.807, 2.05) is 39.0 Å². The Balaban J connectivity index is 1.49. The summed E-state index contributed by atoms with van der Waals surface area (Å²) in [6, 6.07) is 5.78. The minimum atomic E-state index is -0.445. The first-order chi connectivity index (χ1) is 12.3. The molecular formula is C19H28N4O3. The van der Waals surface area contributed by atoms with Gasteiger partial charge < -0.3 is 24.7 Å². The molecule has 1 amide bonds. The highest BCUT2D eigenvalue weighted by Crippen LogP contribution is 2.22. The van der Waals surface area contributed by atoms with Gasteiger partial charge in [-0.1, -0.05) is 0 Å². The molecule has 1 saturated heterocycles. The number of carbonyl (C=O) groups is 1. The maximum atomic E-state index is 12.1. The molecule has 26 heavy (non-hydrogen) atoms. The van der Waals surface area contributed by atoms with Crippen molar-refractivity contribution >= 4 is 23.1 Å². The van der Waals surface area contributed by atoms with Crippen LogP contribution in [0.15, 0.2) is 18.2 Å². The van der Waals surface area contributed by atoms with E-state index in [1.165, 1.54) is 0 Å². The van der Waals surface area contributed by atoms with Gasteiger partial charge >= 0.3 is 6.09 Å². The number of H-pyrrole nitrogens is 1. The van der Waals surface area contributed by atoms with Gasteiger partial charge in [-0.25, -0.2) is 9.78 Å². The van der Waals surface area contributed by atoms with Crippen molar-refractivity contribution in [2.45, 2.75) is 39.2 Å². The van der Waals surface area contributed by atoms with E-state index in [0.717, 1.165) is 55.2 Å². The molecule has 2 heterocycles. The summed E-state index contributed by atoms with van der Waals surface area (Å²) in [7, 11) is 1.65. The number of piperidine rings is 1. The van der Waals surface area contributed by atoms with Gasteiger partial charge in [0.05, 0.1) is 18.1 Å². The maximum Gasteiger partial charge on any atom is 0.410 e. The second-order valence-electron chi connectivity index (χ2n) is 7.76. The number of imidazole rings is 1. The smallest absolute Gasteiger partial charge is 0.410 e. The van der Waals surface area contributed by atoms with Crippen molar-refractivity contribution in [1.82, 2.24) is 14.9 Å². The highest BCUT2D eigenvalue weighted by atomic mass is 16.6. The quantitative estimate of drug-likeness (QED) is 0.870. The van der Waals surface area contributed by atoms with Gasteiger partial charge in [0, 0.05) is 25.7 Å². The summed E-state index contributed by atoms with van der Waals surface area (Å²) in [4.78, 5) is 21.7. The van der Waals surface area contributed by atoms with Crippen molar-refractivity contribution in [1.29, 1.82) is 0 Å². The molecule has 1 aliphatic heterocycles. The lowest BCUT2D eigenvalue weighted by Gasteiger charge is -2.33. The van der Waals surface area contributed by atoms with Crippen molar-refractivity contribution < 1.29 is 14.3 Å². The first-order valence-corrected chi connectivity index (χ1v) is 9.09. The van der Waals surface area contributed by atoms with E-state index >= 15 is 0 Å². The number of benzene rings is 1. The number of amides is 1. The van der Waals surface area contributed by atoms with Crippen LogP contribution < -0.4 is 10.1 Å². The third-order valence-corrected chi connectivity index (χ3v) is 4.51. The van der Waals surface area contributed by atoms with Gasteiger partial charge in [-0.2, -0.15) is 0 Å². The Bertz CT molecular complexity index is 758. The Kier molecular flexibility index (Phi) is 5.25. The predicted octanol–water partition coefficient (Wildman–Crippen LogP) is 3.63. The molecule has 0 radical (unpaired) electrons. The van der Waals surface area contributed by atoms with Gasteiger partial charge in [0.1, 0.15) is 11.4 Å². The van der Waals surface area contributed by atoms with Crippen molar-refractivity contribution in [3.8, 4) is 5.75 Å². The Hall–Kier alpha value is -2.44. The number of rotatable bonds is 4. The van der Waals surface area contributed by atoms with Gasteiger partial charge in [-0.15, -0.1) is 0 Å². The molecule has 7 heteroatoms. The van der Waals surface area contributed by atoms with E-state index in [0.29, 0.717) is 5.92 Å². The number of methoxy groups -OCH3 is 1.